The predicted molar refractivity (Wildman–Crippen MR) is 66.0 cm³/mol. The molecule has 2 aromatic heterocycles. The lowest BCUT2D eigenvalue weighted by Crippen LogP contribution is -2.18. The first-order valence-corrected chi connectivity index (χ1v) is 6.02. The third-order valence-corrected chi connectivity index (χ3v) is 3.44. The summed E-state index contributed by atoms with van der Waals surface area (Å²) < 4.78 is 2.18. The van der Waals surface area contributed by atoms with Crippen molar-refractivity contribution in [3.05, 3.63) is 41.3 Å². The van der Waals surface area contributed by atoms with Gasteiger partial charge in [-0.15, -0.1) is 5.10 Å². The predicted octanol–water partition coefficient (Wildman–Crippen LogP) is 1.91. The minimum Gasteiger partial charge on any atom is -0.324 e. The van der Waals surface area contributed by atoms with Gasteiger partial charge in [0.1, 0.15) is 0 Å². The Labute approximate surface area is 100 Å². The molecule has 0 aromatic carbocycles. The standard InChI is InChI=1S/C13H16N4/c1-9-8-10-11(14)4-2-5-12(10)17(9)13-6-3-7-15-16-13/h3,6-8,11H,2,4-5,14H2,1H3. The highest BCUT2D eigenvalue weighted by Gasteiger charge is 2.23. The lowest BCUT2D eigenvalue weighted by molar-refractivity contribution is 0.558. The molecule has 0 amide bonds. The van der Waals surface area contributed by atoms with Crippen LogP contribution in [0.2, 0.25) is 0 Å². The van der Waals surface area contributed by atoms with Gasteiger partial charge < -0.3 is 10.3 Å². The fraction of sp³-hybridized carbons (Fsp3) is 0.385. The zero-order chi connectivity index (χ0) is 11.8. The highest BCUT2D eigenvalue weighted by atomic mass is 15.2. The Kier molecular flexibility index (Phi) is 2.44. The van der Waals surface area contributed by atoms with Crippen molar-refractivity contribution in [3.63, 3.8) is 0 Å². The van der Waals surface area contributed by atoms with Gasteiger partial charge in [-0.05, 0) is 49.9 Å². The van der Waals surface area contributed by atoms with Crippen LogP contribution in [-0.4, -0.2) is 14.8 Å². The molecule has 0 spiro atoms. The van der Waals surface area contributed by atoms with Gasteiger partial charge in [0.05, 0.1) is 0 Å². The topological polar surface area (TPSA) is 56.7 Å². The van der Waals surface area contributed by atoms with E-state index in [-0.39, 0.29) is 6.04 Å². The second-order valence-electron chi connectivity index (χ2n) is 4.60. The van der Waals surface area contributed by atoms with Crippen LogP contribution >= 0.6 is 0 Å². The maximum Gasteiger partial charge on any atom is 0.159 e. The lowest BCUT2D eigenvalue weighted by Gasteiger charge is -2.20. The van der Waals surface area contributed by atoms with Gasteiger partial charge >= 0.3 is 0 Å². The van der Waals surface area contributed by atoms with Gasteiger partial charge in [-0.3, -0.25) is 0 Å². The summed E-state index contributed by atoms with van der Waals surface area (Å²) in [6.45, 7) is 2.10. The quantitative estimate of drug-likeness (QED) is 0.811. The Balaban J connectivity index is 2.18. The van der Waals surface area contributed by atoms with Crippen LogP contribution in [0.5, 0.6) is 0 Å². The number of hydrogen-bond acceptors (Lipinski definition) is 3. The van der Waals surface area contributed by atoms with Crippen molar-refractivity contribution < 1.29 is 0 Å². The van der Waals surface area contributed by atoms with E-state index in [1.165, 1.54) is 17.0 Å². The second-order valence-corrected chi connectivity index (χ2v) is 4.60. The molecule has 0 saturated heterocycles. The molecule has 3 rings (SSSR count). The minimum atomic E-state index is 0.176. The number of fused-ring (bicyclic) bond motifs is 1. The van der Waals surface area contributed by atoms with Gasteiger partial charge in [-0.25, -0.2) is 0 Å². The van der Waals surface area contributed by atoms with Gasteiger partial charge in [0.25, 0.3) is 0 Å². The van der Waals surface area contributed by atoms with Crippen molar-refractivity contribution in [3.8, 4) is 5.82 Å². The average Bonchev–Trinajstić information content (AvgIpc) is 2.68. The highest BCUT2D eigenvalue weighted by molar-refractivity contribution is 5.39. The molecule has 88 valence electrons. The summed E-state index contributed by atoms with van der Waals surface area (Å²) in [5.74, 6) is 0.889. The number of rotatable bonds is 1. The van der Waals surface area contributed by atoms with Crippen LogP contribution in [0.3, 0.4) is 0 Å². The first-order chi connectivity index (χ1) is 8.27. The summed E-state index contributed by atoms with van der Waals surface area (Å²) >= 11 is 0. The van der Waals surface area contributed by atoms with Gasteiger partial charge in [0, 0.05) is 23.6 Å². The summed E-state index contributed by atoms with van der Waals surface area (Å²) in [5, 5.41) is 8.13. The maximum absolute atomic E-state index is 6.16. The summed E-state index contributed by atoms with van der Waals surface area (Å²) in [4.78, 5) is 0. The van der Waals surface area contributed by atoms with Crippen LogP contribution in [0.4, 0.5) is 0 Å². The van der Waals surface area contributed by atoms with E-state index >= 15 is 0 Å². The second kappa shape index (κ2) is 3.96. The molecule has 0 aliphatic heterocycles. The summed E-state index contributed by atoms with van der Waals surface area (Å²) in [7, 11) is 0. The molecule has 2 N–H and O–H groups in total. The molecule has 0 fully saturated rings. The van der Waals surface area contributed by atoms with E-state index in [0.717, 1.165) is 25.1 Å². The molecule has 0 bridgehead atoms. The van der Waals surface area contributed by atoms with Gasteiger partial charge in [0.15, 0.2) is 5.82 Å². The molecule has 4 heteroatoms. The van der Waals surface area contributed by atoms with Gasteiger partial charge in [-0.2, -0.15) is 5.10 Å². The van der Waals surface area contributed by atoms with Crippen LogP contribution in [-0.2, 0) is 6.42 Å². The van der Waals surface area contributed by atoms with Crippen molar-refractivity contribution in [2.45, 2.75) is 32.2 Å². The number of nitrogens with two attached hydrogens (primary N) is 1. The van der Waals surface area contributed by atoms with Crippen LogP contribution in [0.25, 0.3) is 5.82 Å². The normalized spacial score (nSPS) is 19.1. The SMILES string of the molecule is Cc1cc2c(n1-c1cccnn1)CCCC2N. The van der Waals surface area contributed by atoms with E-state index in [2.05, 4.69) is 27.8 Å². The maximum atomic E-state index is 6.16. The van der Waals surface area contributed by atoms with Crippen LogP contribution in [0, 0.1) is 6.92 Å². The Hall–Kier alpha value is -1.68. The van der Waals surface area contributed by atoms with Crippen LogP contribution in [0.1, 0.15) is 35.8 Å². The number of nitrogens with zero attached hydrogens (tertiary/aromatic N) is 3. The molecule has 17 heavy (non-hydrogen) atoms. The first kappa shape index (κ1) is 10.5. The molecule has 4 nitrogen and oxygen atoms in total. The molecule has 1 unspecified atom stereocenters. The fourth-order valence-electron chi connectivity index (χ4n) is 2.67. The van der Waals surface area contributed by atoms with E-state index < -0.39 is 0 Å². The smallest absolute Gasteiger partial charge is 0.159 e. The Bertz CT molecular complexity index is 530. The number of hydrogen-bond donors (Lipinski definition) is 1. The van der Waals surface area contributed by atoms with Crippen molar-refractivity contribution in [2.24, 2.45) is 5.73 Å². The van der Waals surface area contributed by atoms with E-state index in [4.69, 9.17) is 5.73 Å². The van der Waals surface area contributed by atoms with Crippen LogP contribution in [0.15, 0.2) is 24.4 Å². The molecule has 2 heterocycles. The van der Waals surface area contributed by atoms with Gasteiger partial charge in [-0.1, -0.05) is 0 Å². The Morgan fingerprint density at radius 3 is 3.12 bits per heavy atom. The number of aryl methyl sites for hydroxylation is 1. The minimum absolute atomic E-state index is 0.176. The fourth-order valence-corrected chi connectivity index (χ4v) is 2.67. The molecule has 0 radical (unpaired) electrons. The molecule has 0 saturated carbocycles. The summed E-state index contributed by atoms with van der Waals surface area (Å²) in [6, 6.07) is 6.26. The molecule has 1 aliphatic carbocycles. The Morgan fingerprint density at radius 2 is 2.35 bits per heavy atom. The average molecular weight is 228 g/mol. The van der Waals surface area contributed by atoms with Crippen molar-refractivity contribution in [2.75, 3.05) is 0 Å². The molecular formula is C13H16N4. The highest BCUT2D eigenvalue weighted by Crippen LogP contribution is 2.32. The van der Waals surface area contributed by atoms with Crippen LogP contribution < -0.4 is 5.73 Å². The third-order valence-electron chi connectivity index (χ3n) is 3.44. The number of aromatic nitrogens is 3. The largest absolute Gasteiger partial charge is 0.324 e. The van der Waals surface area contributed by atoms with Gasteiger partial charge in [0.2, 0.25) is 0 Å². The molecule has 1 atom stereocenters. The first-order valence-electron chi connectivity index (χ1n) is 6.02. The van der Waals surface area contributed by atoms with E-state index in [9.17, 15) is 0 Å². The molecule has 2 aromatic rings. The molecular weight excluding hydrogens is 212 g/mol. The lowest BCUT2D eigenvalue weighted by atomic mass is 9.93. The summed E-state index contributed by atoms with van der Waals surface area (Å²) in [5.41, 5.74) is 9.93. The van der Waals surface area contributed by atoms with Crippen molar-refractivity contribution >= 4 is 0 Å². The summed E-state index contributed by atoms with van der Waals surface area (Å²) in [6.07, 6.45) is 5.00. The van der Waals surface area contributed by atoms with E-state index in [1.807, 2.05) is 12.1 Å². The van der Waals surface area contributed by atoms with Crippen molar-refractivity contribution in [1.29, 1.82) is 0 Å². The van der Waals surface area contributed by atoms with E-state index in [1.54, 1.807) is 6.20 Å². The van der Waals surface area contributed by atoms with Crippen molar-refractivity contribution in [1.82, 2.24) is 14.8 Å². The molecule has 1 aliphatic rings. The van der Waals surface area contributed by atoms with E-state index in [0.29, 0.717) is 0 Å². The zero-order valence-electron chi connectivity index (χ0n) is 9.93. The Morgan fingerprint density at radius 1 is 1.47 bits per heavy atom. The third kappa shape index (κ3) is 1.65. The monoisotopic (exact) mass is 228 g/mol. The zero-order valence-corrected chi connectivity index (χ0v) is 9.93.